The van der Waals surface area contributed by atoms with Crippen molar-refractivity contribution in [2.75, 3.05) is 50.7 Å². The van der Waals surface area contributed by atoms with Crippen LogP contribution in [-0.4, -0.2) is 80.2 Å². The number of nitriles is 1. The van der Waals surface area contributed by atoms with Crippen molar-refractivity contribution in [2.45, 2.75) is 4.90 Å². The van der Waals surface area contributed by atoms with Crippen LogP contribution < -0.4 is 10.2 Å². The molecule has 2 aliphatic heterocycles. The Bertz CT molecular complexity index is 1180. The average molecular weight is 455 g/mol. The molecule has 1 aromatic heterocycles. The number of hydrogen-bond donors (Lipinski definition) is 1. The second kappa shape index (κ2) is 8.94. The van der Waals surface area contributed by atoms with Crippen molar-refractivity contribution in [1.29, 1.82) is 5.26 Å². The Hall–Kier alpha value is -3.49. The van der Waals surface area contributed by atoms with E-state index in [0.717, 1.165) is 4.31 Å². The van der Waals surface area contributed by atoms with E-state index in [1.165, 1.54) is 18.2 Å². The first-order valence-electron chi connectivity index (χ1n) is 10.2. The summed E-state index contributed by atoms with van der Waals surface area (Å²) in [4.78, 5) is 32.5. The van der Waals surface area contributed by atoms with Crippen molar-refractivity contribution in [3.8, 4) is 6.07 Å². The van der Waals surface area contributed by atoms with Gasteiger partial charge in [0.25, 0.3) is 5.91 Å². The van der Waals surface area contributed by atoms with E-state index >= 15 is 0 Å². The molecule has 166 valence electrons. The molecule has 2 amide bonds. The number of aromatic nitrogens is 1. The van der Waals surface area contributed by atoms with E-state index in [4.69, 9.17) is 0 Å². The molecule has 0 atom stereocenters. The van der Waals surface area contributed by atoms with Crippen LogP contribution in [0.15, 0.2) is 47.5 Å². The van der Waals surface area contributed by atoms with Gasteiger partial charge >= 0.3 is 0 Å². The Kier molecular flexibility index (Phi) is 6.07. The predicted molar refractivity (Wildman–Crippen MR) is 115 cm³/mol. The molecule has 0 saturated carbocycles. The van der Waals surface area contributed by atoms with Gasteiger partial charge in [-0.3, -0.25) is 9.59 Å². The highest BCUT2D eigenvalue weighted by molar-refractivity contribution is 7.89. The third-order valence-corrected chi connectivity index (χ3v) is 7.34. The number of hydrogen-bond acceptors (Lipinski definition) is 7. The van der Waals surface area contributed by atoms with Crippen LogP contribution in [0.4, 0.5) is 5.82 Å². The summed E-state index contributed by atoms with van der Waals surface area (Å²) >= 11 is 0. The summed E-state index contributed by atoms with van der Waals surface area (Å²) in [5, 5.41) is 11.9. The molecular weight excluding hydrogens is 432 g/mol. The zero-order valence-corrected chi connectivity index (χ0v) is 18.1. The van der Waals surface area contributed by atoms with E-state index in [-0.39, 0.29) is 41.9 Å². The van der Waals surface area contributed by atoms with E-state index in [9.17, 15) is 23.3 Å². The molecule has 0 aliphatic carbocycles. The van der Waals surface area contributed by atoms with Gasteiger partial charge in [0.2, 0.25) is 15.9 Å². The highest BCUT2D eigenvalue weighted by atomic mass is 32.2. The maximum absolute atomic E-state index is 13.0. The number of anilines is 1. The van der Waals surface area contributed by atoms with E-state index < -0.39 is 10.0 Å². The molecule has 32 heavy (non-hydrogen) atoms. The van der Waals surface area contributed by atoms with Crippen molar-refractivity contribution in [2.24, 2.45) is 0 Å². The molecule has 11 heteroatoms. The Labute approximate surface area is 186 Å². The molecule has 2 aliphatic rings. The van der Waals surface area contributed by atoms with Crippen molar-refractivity contribution in [1.82, 2.24) is 19.5 Å². The fraction of sp³-hybridized carbons (Fsp3) is 0.333. The van der Waals surface area contributed by atoms with Gasteiger partial charge in [-0.1, -0.05) is 6.07 Å². The quantitative estimate of drug-likeness (QED) is 0.691. The van der Waals surface area contributed by atoms with Gasteiger partial charge in [0, 0.05) is 51.0 Å². The molecule has 0 spiro atoms. The number of carbonyl (C=O) groups excluding carboxylic acids is 2. The minimum Gasteiger partial charge on any atom is -0.354 e. The Morgan fingerprint density at radius 1 is 1.09 bits per heavy atom. The maximum atomic E-state index is 13.0. The molecule has 10 nitrogen and oxygen atoms in total. The van der Waals surface area contributed by atoms with Crippen LogP contribution in [0.25, 0.3) is 0 Å². The number of nitrogens with zero attached hydrogens (tertiary/aromatic N) is 5. The van der Waals surface area contributed by atoms with Crippen LogP contribution in [0.2, 0.25) is 0 Å². The predicted octanol–water partition coefficient (Wildman–Crippen LogP) is 0.0362. The zero-order valence-electron chi connectivity index (χ0n) is 17.3. The van der Waals surface area contributed by atoms with E-state index in [2.05, 4.69) is 16.4 Å². The zero-order chi connectivity index (χ0) is 22.7. The summed E-state index contributed by atoms with van der Waals surface area (Å²) in [6.07, 6.45) is 1.63. The van der Waals surface area contributed by atoms with Crippen LogP contribution in [0, 0.1) is 11.3 Å². The van der Waals surface area contributed by atoms with E-state index in [1.807, 2.05) is 4.90 Å². The molecule has 0 radical (unpaired) electrons. The molecule has 2 aromatic rings. The fourth-order valence-electron chi connectivity index (χ4n) is 3.80. The molecule has 0 bridgehead atoms. The summed E-state index contributed by atoms with van der Waals surface area (Å²) in [5.41, 5.74) is 0.758. The van der Waals surface area contributed by atoms with Gasteiger partial charge in [0.1, 0.15) is 11.9 Å². The Morgan fingerprint density at radius 3 is 2.59 bits per heavy atom. The Morgan fingerprint density at radius 2 is 1.88 bits per heavy atom. The first-order chi connectivity index (χ1) is 15.4. The summed E-state index contributed by atoms with van der Waals surface area (Å²) in [7, 11) is -3.88. The third kappa shape index (κ3) is 4.28. The third-order valence-electron chi connectivity index (χ3n) is 5.50. The number of amides is 2. The monoisotopic (exact) mass is 454 g/mol. The number of pyridine rings is 1. The minimum absolute atomic E-state index is 0.0103. The summed E-state index contributed by atoms with van der Waals surface area (Å²) < 4.78 is 27.0. The number of sulfonamides is 1. The molecular formula is C21H22N6O4S. The summed E-state index contributed by atoms with van der Waals surface area (Å²) in [6.45, 7) is 2.07. The minimum atomic E-state index is -3.88. The number of nitrogens with one attached hydrogen (secondary N) is 1. The van der Waals surface area contributed by atoms with Crippen LogP contribution in [0.3, 0.4) is 0 Å². The molecule has 1 N–H and O–H groups in total. The van der Waals surface area contributed by atoms with Crippen molar-refractivity contribution in [3.63, 3.8) is 0 Å². The van der Waals surface area contributed by atoms with Crippen LogP contribution in [0.1, 0.15) is 15.9 Å². The first kappa shape index (κ1) is 21.7. The lowest BCUT2D eigenvalue weighted by atomic mass is 10.1. The van der Waals surface area contributed by atoms with Crippen molar-refractivity contribution >= 4 is 27.7 Å². The second-order valence-electron chi connectivity index (χ2n) is 7.48. The topological polar surface area (TPSA) is 127 Å². The van der Waals surface area contributed by atoms with E-state index in [1.54, 1.807) is 29.3 Å². The van der Waals surface area contributed by atoms with Gasteiger partial charge in [-0.2, -0.15) is 9.57 Å². The largest absolute Gasteiger partial charge is 0.354 e. The first-order valence-corrected chi connectivity index (χ1v) is 11.6. The summed E-state index contributed by atoms with van der Waals surface area (Å²) in [5.74, 6) is -0.0160. The van der Waals surface area contributed by atoms with Gasteiger partial charge in [0.05, 0.1) is 17.0 Å². The van der Waals surface area contributed by atoms with Gasteiger partial charge in [-0.15, -0.1) is 0 Å². The SMILES string of the molecule is N#Cc1cccnc1N1CCN(C(=O)c2cccc(S(=O)(=O)N3CCNC(=O)C3)c2)CC1. The molecule has 3 heterocycles. The molecule has 2 saturated heterocycles. The standard InChI is InChI=1S/C21H22N6O4S/c22-14-17-4-2-6-24-20(17)25-9-11-26(12-10-25)21(29)16-3-1-5-18(13-16)32(30,31)27-8-7-23-19(28)15-27/h1-6,13H,7-12,15H2,(H,23,28). The highest BCUT2D eigenvalue weighted by Gasteiger charge is 2.30. The Balaban J connectivity index is 1.47. The normalized spacial score (nSPS) is 17.5. The lowest BCUT2D eigenvalue weighted by Gasteiger charge is -2.35. The molecule has 1 aromatic carbocycles. The van der Waals surface area contributed by atoms with Crippen LogP contribution in [0.5, 0.6) is 0 Å². The maximum Gasteiger partial charge on any atom is 0.254 e. The molecule has 0 unspecified atom stereocenters. The lowest BCUT2D eigenvalue weighted by molar-refractivity contribution is -0.122. The number of carbonyl (C=O) groups is 2. The van der Waals surface area contributed by atoms with Crippen LogP contribution >= 0.6 is 0 Å². The van der Waals surface area contributed by atoms with Crippen molar-refractivity contribution in [3.05, 3.63) is 53.7 Å². The number of piperazine rings is 2. The lowest BCUT2D eigenvalue weighted by Crippen LogP contribution is -2.50. The molecule has 4 rings (SSSR count). The van der Waals surface area contributed by atoms with Gasteiger partial charge in [-0.25, -0.2) is 13.4 Å². The second-order valence-corrected chi connectivity index (χ2v) is 9.42. The van der Waals surface area contributed by atoms with Crippen LogP contribution in [-0.2, 0) is 14.8 Å². The van der Waals surface area contributed by atoms with E-state index in [0.29, 0.717) is 37.6 Å². The fourth-order valence-corrected chi connectivity index (χ4v) is 5.24. The summed E-state index contributed by atoms with van der Waals surface area (Å²) in [6, 6.07) is 11.5. The average Bonchev–Trinajstić information content (AvgIpc) is 2.83. The smallest absolute Gasteiger partial charge is 0.254 e. The number of rotatable bonds is 4. The molecule has 2 fully saturated rings. The van der Waals surface area contributed by atoms with Gasteiger partial charge in [0.15, 0.2) is 0 Å². The van der Waals surface area contributed by atoms with Gasteiger partial charge < -0.3 is 15.1 Å². The highest BCUT2D eigenvalue weighted by Crippen LogP contribution is 2.21. The van der Waals surface area contributed by atoms with Crippen molar-refractivity contribution < 1.29 is 18.0 Å². The van der Waals surface area contributed by atoms with Gasteiger partial charge in [-0.05, 0) is 30.3 Å². The number of benzene rings is 1.